The van der Waals surface area contributed by atoms with Crippen molar-refractivity contribution in [3.8, 4) is 0 Å². The Morgan fingerprint density at radius 2 is 1.12 bits per heavy atom. The number of benzene rings is 2. The van der Waals surface area contributed by atoms with E-state index in [2.05, 4.69) is 44.5 Å². The molecule has 0 aromatic heterocycles. The van der Waals surface area contributed by atoms with Gasteiger partial charge in [-0.1, -0.05) is 50.1 Å². The van der Waals surface area contributed by atoms with Gasteiger partial charge in [0.15, 0.2) is 0 Å². The molecule has 2 aromatic rings. The molecule has 0 N–H and O–H groups in total. The van der Waals surface area contributed by atoms with Crippen molar-refractivity contribution in [1.82, 2.24) is 0 Å². The monoisotopic (exact) mass is 368 g/mol. The van der Waals surface area contributed by atoms with Gasteiger partial charge in [0.2, 0.25) is 0 Å². The SMILES string of the molecule is Brc1ccc(Br)cc1.Sc1ccccc1.[H-].[Na+]. The van der Waals surface area contributed by atoms with E-state index in [1.165, 1.54) is 0 Å². The van der Waals surface area contributed by atoms with E-state index < -0.39 is 0 Å². The van der Waals surface area contributed by atoms with Gasteiger partial charge >= 0.3 is 29.6 Å². The molecular formula is C12H11Br2NaS. The van der Waals surface area contributed by atoms with Gasteiger partial charge in [-0.2, -0.15) is 0 Å². The Labute approximate surface area is 142 Å². The van der Waals surface area contributed by atoms with Crippen LogP contribution < -0.4 is 29.6 Å². The van der Waals surface area contributed by atoms with Crippen LogP contribution in [0.5, 0.6) is 0 Å². The van der Waals surface area contributed by atoms with Crippen LogP contribution in [0.15, 0.2) is 68.4 Å². The molecule has 0 atom stereocenters. The van der Waals surface area contributed by atoms with Crippen LogP contribution >= 0.6 is 44.5 Å². The first-order valence-corrected chi connectivity index (χ1v) is 6.37. The van der Waals surface area contributed by atoms with Gasteiger partial charge in [0, 0.05) is 13.8 Å². The molecule has 16 heavy (non-hydrogen) atoms. The Kier molecular flexibility index (Phi) is 10.2. The second-order valence-corrected chi connectivity index (χ2v) is 5.12. The average Bonchev–Trinajstić information content (AvgIpc) is 2.25. The number of hydrogen-bond acceptors (Lipinski definition) is 1. The second-order valence-electron chi connectivity index (χ2n) is 2.77. The van der Waals surface area contributed by atoms with E-state index >= 15 is 0 Å². The zero-order chi connectivity index (χ0) is 11.1. The van der Waals surface area contributed by atoms with Crippen molar-refractivity contribution >= 4 is 44.5 Å². The van der Waals surface area contributed by atoms with Crippen molar-refractivity contribution in [3.05, 3.63) is 63.5 Å². The Bertz CT molecular complexity index is 374. The third-order valence-electron chi connectivity index (χ3n) is 1.56. The fourth-order valence-electron chi connectivity index (χ4n) is 0.858. The third kappa shape index (κ3) is 7.93. The number of hydrogen-bond donors (Lipinski definition) is 1. The fraction of sp³-hybridized carbons (Fsp3) is 0. The predicted molar refractivity (Wildman–Crippen MR) is 76.6 cm³/mol. The van der Waals surface area contributed by atoms with Gasteiger partial charge in [-0.05, 0) is 36.4 Å². The Balaban J connectivity index is 0. The molecule has 0 aliphatic heterocycles. The number of halogens is 2. The summed E-state index contributed by atoms with van der Waals surface area (Å²) in [5.41, 5.74) is 0. The summed E-state index contributed by atoms with van der Waals surface area (Å²) in [6, 6.07) is 17.7. The molecule has 0 aliphatic rings. The molecule has 0 bridgehead atoms. The molecule has 4 heteroatoms. The van der Waals surface area contributed by atoms with Gasteiger partial charge in [-0.15, -0.1) is 12.6 Å². The summed E-state index contributed by atoms with van der Waals surface area (Å²) in [6.45, 7) is 0. The maximum Gasteiger partial charge on any atom is 1.00 e. The van der Waals surface area contributed by atoms with Crippen molar-refractivity contribution in [2.45, 2.75) is 4.90 Å². The molecule has 2 aromatic carbocycles. The molecule has 0 nitrogen and oxygen atoms in total. The fourth-order valence-corrected chi connectivity index (χ4v) is 1.56. The minimum absolute atomic E-state index is 0. The first-order valence-electron chi connectivity index (χ1n) is 4.33. The second kappa shape index (κ2) is 9.75. The summed E-state index contributed by atoms with van der Waals surface area (Å²) < 4.78 is 2.22. The Hall–Kier alpha value is 0.750. The van der Waals surface area contributed by atoms with E-state index in [-0.39, 0.29) is 31.0 Å². The average molecular weight is 370 g/mol. The zero-order valence-corrected chi connectivity index (χ0v) is 15.0. The summed E-state index contributed by atoms with van der Waals surface area (Å²) in [5.74, 6) is 0. The van der Waals surface area contributed by atoms with Gasteiger partial charge in [0.25, 0.3) is 0 Å². The van der Waals surface area contributed by atoms with Crippen LogP contribution in [0.2, 0.25) is 0 Å². The van der Waals surface area contributed by atoms with Crippen LogP contribution in [0.3, 0.4) is 0 Å². The minimum atomic E-state index is 0. The summed E-state index contributed by atoms with van der Waals surface area (Å²) in [6.07, 6.45) is 0. The van der Waals surface area contributed by atoms with E-state index in [1.54, 1.807) is 0 Å². The van der Waals surface area contributed by atoms with Gasteiger partial charge in [0.05, 0.1) is 0 Å². The van der Waals surface area contributed by atoms with Crippen LogP contribution in [-0.2, 0) is 0 Å². The van der Waals surface area contributed by atoms with Crippen LogP contribution in [0.25, 0.3) is 0 Å². The van der Waals surface area contributed by atoms with Crippen molar-refractivity contribution in [3.63, 3.8) is 0 Å². The predicted octanol–water partition coefficient (Wildman–Crippen LogP) is 2.30. The van der Waals surface area contributed by atoms with Crippen LogP contribution in [-0.4, -0.2) is 0 Å². The standard InChI is InChI=1S/C6H4Br2.C6H6S.Na.H/c7-5-1-2-6(8)4-3-5;7-6-4-2-1-3-5-6;;/h1-4H;1-5,7H;;/q;;+1;-1. The van der Waals surface area contributed by atoms with Gasteiger partial charge in [-0.3, -0.25) is 0 Å². The molecular weight excluding hydrogens is 359 g/mol. The molecule has 0 aliphatic carbocycles. The molecule has 80 valence electrons. The third-order valence-corrected chi connectivity index (χ3v) is 2.92. The minimum Gasteiger partial charge on any atom is -1.00 e. The van der Waals surface area contributed by atoms with E-state index in [0.29, 0.717) is 0 Å². The maximum atomic E-state index is 4.08. The molecule has 0 unspecified atom stereocenters. The Morgan fingerprint density at radius 1 is 0.750 bits per heavy atom. The molecule has 0 spiro atoms. The van der Waals surface area contributed by atoms with Gasteiger partial charge in [0.1, 0.15) is 0 Å². The summed E-state index contributed by atoms with van der Waals surface area (Å²) >= 11 is 10.7. The number of rotatable bonds is 0. The van der Waals surface area contributed by atoms with Crippen LogP contribution in [0, 0.1) is 0 Å². The van der Waals surface area contributed by atoms with Crippen LogP contribution in [0.4, 0.5) is 0 Å². The zero-order valence-electron chi connectivity index (χ0n) is 9.90. The number of thiol groups is 1. The molecule has 0 amide bonds. The molecule has 0 radical (unpaired) electrons. The normalized spacial score (nSPS) is 8.44. The quantitative estimate of drug-likeness (QED) is 0.534. The van der Waals surface area contributed by atoms with E-state index in [9.17, 15) is 0 Å². The summed E-state index contributed by atoms with van der Waals surface area (Å²) in [7, 11) is 0. The molecule has 0 fully saturated rings. The topological polar surface area (TPSA) is 0 Å². The van der Waals surface area contributed by atoms with Crippen molar-refractivity contribution in [2.75, 3.05) is 0 Å². The van der Waals surface area contributed by atoms with E-state index in [0.717, 1.165) is 13.8 Å². The van der Waals surface area contributed by atoms with Gasteiger partial charge in [-0.25, -0.2) is 0 Å². The summed E-state index contributed by atoms with van der Waals surface area (Å²) in [5, 5.41) is 0. The van der Waals surface area contributed by atoms with E-state index in [1.807, 2.05) is 54.6 Å². The van der Waals surface area contributed by atoms with Crippen molar-refractivity contribution in [2.24, 2.45) is 0 Å². The Morgan fingerprint density at radius 3 is 1.38 bits per heavy atom. The van der Waals surface area contributed by atoms with Crippen LogP contribution in [0.1, 0.15) is 1.43 Å². The molecule has 2 rings (SSSR count). The molecule has 0 saturated heterocycles. The van der Waals surface area contributed by atoms with Crippen molar-refractivity contribution in [1.29, 1.82) is 0 Å². The summed E-state index contributed by atoms with van der Waals surface area (Å²) in [4.78, 5) is 1.02. The van der Waals surface area contributed by atoms with Gasteiger partial charge < -0.3 is 1.43 Å². The first kappa shape index (κ1) is 16.8. The smallest absolute Gasteiger partial charge is 1.00 e. The van der Waals surface area contributed by atoms with E-state index in [4.69, 9.17) is 0 Å². The molecule has 0 saturated carbocycles. The molecule has 0 heterocycles. The largest absolute Gasteiger partial charge is 1.00 e. The van der Waals surface area contributed by atoms with Crippen molar-refractivity contribution < 1.29 is 31.0 Å². The maximum absolute atomic E-state index is 4.08. The first-order chi connectivity index (χ1) is 7.18.